The second-order valence-corrected chi connectivity index (χ2v) is 7.78. The van der Waals surface area contributed by atoms with Gasteiger partial charge in [0.1, 0.15) is 34.9 Å². The SMILES string of the molecule is CCOc1cccc(/C(O)=C2/C(=O)C(=O)N(CCc3ccc(F)cc3)C2c2ccc(C)o2)c1. The van der Waals surface area contributed by atoms with E-state index in [2.05, 4.69) is 0 Å². The number of ether oxygens (including phenoxy) is 1. The number of amides is 1. The summed E-state index contributed by atoms with van der Waals surface area (Å²) in [6, 6.07) is 15.2. The molecule has 33 heavy (non-hydrogen) atoms. The molecule has 1 aliphatic rings. The van der Waals surface area contributed by atoms with E-state index in [4.69, 9.17) is 9.15 Å². The average Bonchev–Trinajstić information content (AvgIpc) is 3.34. The third-order valence-corrected chi connectivity index (χ3v) is 5.54. The molecule has 1 unspecified atom stereocenters. The van der Waals surface area contributed by atoms with Gasteiger partial charge >= 0.3 is 0 Å². The summed E-state index contributed by atoms with van der Waals surface area (Å²) in [4.78, 5) is 27.4. The van der Waals surface area contributed by atoms with Gasteiger partial charge in [-0.25, -0.2) is 4.39 Å². The number of likely N-dealkylation sites (tertiary alicyclic amines) is 1. The van der Waals surface area contributed by atoms with E-state index < -0.39 is 17.7 Å². The van der Waals surface area contributed by atoms with E-state index in [1.807, 2.05) is 6.92 Å². The number of hydrogen-bond donors (Lipinski definition) is 1. The van der Waals surface area contributed by atoms with Gasteiger partial charge in [-0.15, -0.1) is 0 Å². The number of hydrogen-bond acceptors (Lipinski definition) is 5. The minimum atomic E-state index is -0.880. The van der Waals surface area contributed by atoms with Crippen LogP contribution in [0.2, 0.25) is 0 Å². The van der Waals surface area contributed by atoms with E-state index in [0.717, 1.165) is 5.56 Å². The number of halogens is 1. The summed E-state index contributed by atoms with van der Waals surface area (Å²) >= 11 is 0. The van der Waals surface area contributed by atoms with Crippen LogP contribution in [-0.4, -0.2) is 34.8 Å². The molecular formula is C26H24FNO5. The fraction of sp³-hybridized carbons (Fsp3) is 0.231. The number of carbonyl (C=O) groups excluding carboxylic acids is 2. The summed E-state index contributed by atoms with van der Waals surface area (Å²) in [7, 11) is 0. The molecule has 1 aliphatic heterocycles. The highest BCUT2D eigenvalue weighted by Gasteiger charge is 2.47. The summed E-state index contributed by atoms with van der Waals surface area (Å²) in [6.07, 6.45) is 0.406. The average molecular weight is 449 g/mol. The quantitative estimate of drug-likeness (QED) is 0.319. The Morgan fingerprint density at radius 1 is 1.12 bits per heavy atom. The highest BCUT2D eigenvalue weighted by molar-refractivity contribution is 6.46. The van der Waals surface area contributed by atoms with Crippen molar-refractivity contribution >= 4 is 17.4 Å². The predicted octanol–water partition coefficient (Wildman–Crippen LogP) is 4.79. The van der Waals surface area contributed by atoms with Crippen molar-refractivity contribution in [3.05, 3.63) is 94.7 Å². The summed E-state index contributed by atoms with van der Waals surface area (Å²) in [5.41, 5.74) is 1.14. The first-order valence-electron chi connectivity index (χ1n) is 10.7. The Balaban J connectivity index is 1.74. The van der Waals surface area contributed by atoms with E-state index >= 15 is 0 Å². The van der Waals surface area contributed by atoms with Gasteiger partial charge in [0, 0.05) is 12.1 Å². The van der Waals surface area contributed by atoms with Gasteiger partial charge in [-0.3, -0.25) is 9.59 Å². The number of benzene rings is 2. The zero-order valence-corrected chi connectivity index (χ0v) is 18.4. The summed E-state index contributed by atoms with van der Waals surface area (Å²) in [6.45, 7) is 4.25. The Kier molecular flexibility index (Phi) is 6.31. The minimum absolute atomic E-state index is 0.0397. The third kappa shape index (κ3) is 4.53. The molecule has 1 fully saturated rings. The second-order valence-electron chi connectivity index (χ2n) is 7.78. The van der Waals surface area contributed by atoms with Crippen LogP contribution in [0, 0.1) is 12.7 Å². The van der Waals surface area contributed by atoms with Crippen molar-refractivity contribution in [3.8, 4) is 5.75 Å². The fourth-order valence-corrected chi connectivity index (χ4v) is 3.96. The molecule has 7 heteroatoms. The van der Waals surface area contributed by atoms with Crippen molar-refractivity contribution in [1.29, 1.82) is 0 Å². The molecule has 3 aromatic rings. The Bertz CT molecular complexity index is 1210. The molecule has 0 saturated carbocycles. The Hall–Kier alpha value is -3.87. The van der Waals surface area contributed by atoms with Crippen molar-refractivity contribution < 1.29 is 28.2 Å². The van der Waals surface area contributed by atoms with E-state index in [1.165, 1.54) is 17.0 Å². The maximum absolute atomic E-state index is 13.2. The first-order valence-corrected chi connectivity index (χ1v) is 10.7. The highest BCUT2D eigenvalue weighted by Crippen LogP contribution is 2.40. The first-order chi connectivity index (χ1) is 15.9. The Labute approximate surface area is 190 Å². The standard InChI is InChI=1S/C26H24FNO5/c1-3-32-20-6-4-5-18(15-20)24(29)22-23(21-12-7-16(2)33-21)28(26(31)25(22)30)14-13-17-8-10-19(27)11-9-17/h4-12,15,23,29H,3,13-14H2,1-2H3/b24-22-. The van der Waals surface area contributed by atoms with Crippen LogP contribution < -0.4 is 4.74 Å². The molecule has 1 amide bonds. The van der Waals surface area contributed by atoms with E-state index in [-0.39, 0.29) is 23.7 Å². The van der Waals surface area contributed by atoms with Crippen molar-refractivity contribution in [1.82, 2.24) is 4.90 Å². The van der Waals surface area contributed by atoms with Crippen LogP contribution in [-0.2, 0) is 16.0 Å². The van der Waals surface area contributed by atoms with Crippen LogP contribution in [0.5, 0.6) is 5.75 Å². The molecule has 0 spiro atoms. The molecule has 0 aliphatic carbocycles. The van der Waals surface area contributed by atoms with Crippen LogP contribution in [0.15, 0.2) is 70.7 Å². The summed E-state index contributed by atoms with van der Waals surface area (Å²) < 4.78 is 24.5. The highest BCUT2D eigenvalue weighted by atomic mass is 19.1. The number of aryl methyl sites for hydroxylation is 1. The van der Waals surface area contributed by atoms with Crippen molar-refractivity contribution in [3.63, 3.8) is 0 Å². The molecule has 1 saturated heterocycles. The van der Waals surface area contributed by atoms with Crippen molar-refractivity contribution in [2.75, 3.05) is 13.2 Å². The smallest absolute Gasteiger partial charge is 0.295 e. The number of furan rings is 1. The lowest BCUT2D eigenvalue weighted by Crippen LogP contribution is -2.31. The molecule has 170 valence electrons. The molecule has 1 aromatic heterocycles. The number of nitrogens with zero attached hydrogens (tertiary/aromatic N) is 1. The summed E-state index contributed by atoms with van der Waals surface area (Å²) in [5, 5.41) is 11.1. The van der Waals surface area contributed by atoms with Crippen molar-refractivity contribution in [2.45, 2.75) is 26.3 Å². The van der Waals surface area contributed by atoms with Crippen LogP contribution in [0.25, 0.3) is 5.76 Å². The molecule has 1 N–H and O–H groups in total. The molecule has 0 radical (unpaired) electrons. The number of Topliss-reactive ketones (excluding diaryl/α,β-unsaturated/α-hetero) is 1. The molecule has 2 aromatic carbocycles. The monoisotopic (exact) mass is 449 g/mol. The number of carbonyl (C=O) groups is 2. The number of aliphatic hydroxyl groups excluding tert-OH is 1. The van der Waals surface area contributed by atoms with Gasteiger partial charge in [-0.1, -0.05) is 24.3 Å². The maximum Gasteiger partial charge on any atom is 0.295 e. The van der Waals surface area contributed by atoms with Crippen LogP contribution in [0.4, 0.5) is 4.39 Å². The number of ketones is 1. The lowest BCUT2D eigenvalue weighted by molar-refractivity contribution is -0.140. The lowest BCUT2D eigenvalue weighted by Gasteiger charge is -2.23. The zero-order chi connectivity index (χ0) is 23.5. The summed E-state index contributed by atoms with van der Waals surface area (Å²) in [5.74, 6) is -0.609. The van der Waals surface area contributed by atoms with E-state index in [1.54, 1.807) is 55.5 Å². The van der Waals surface area contributed by atoms with E-state index in [9.17, 15) is 19.1 Å². The van der Waals surface area contributed by atoms with Gasteiger partial charge in [-0.2, -0.15) is 0 Å². The Morgan fingerprint density at radius 3 is 2.55 bits per heavy atom. The molecule has 0 bridgehead atoms. The number of rotatable bonds is 7. The second kappa shape index (κ2) is 9.32. The van der Waals surface area contributed by atoms with Gasteiger partial charge in [-0.05, 0) is 62.2 Å². The third-order valence-electron chi connectivity index (χ3n) is 5.54. The molecular weight excluding hydrogens is 425 g/mol. The van der Waals surface area contributed by atoms with E-state index in [0.29, 0.717) is 35.9 Å². The lowest BCUT2D eigenvalue weighted by atomic mass is 9.99. The molecule has 6 nitrogen and oxygen atoms in total. The molecule has 1 atom stereocenters. The molecule has 2 heterocycles. The predicted molar refractivity (Wildman–Crippen MR) is 120 cm³/mol. The Morgan fingerprint density at radius 2 is 1.88 bits per heavy atom. The minimum Gasteiger partial charge on any atom is -0.507 e. The van der Waals surface area contributed by atoms with Crippen LogP contribution in [0.1, 0.15) is 35.6 Å². The van der Waals surface area contributed by atoms with Gasteiger partial charge in [0.15, 0.2) is 0 Å². The largest absolute Gasteiger partial charge is 0.507 e. The van der Waals surface area contributed by atoms with Crippen LogP contribution >= 0.6 is 0 Å². The number of aliphatic hydroxyl groups is 1. The van der Waals surface area contributed by atoms with Gasteiger partial charge in [0.2, 0.25) is 0 Å². The zero-order valence-electron chi connectivity index (χ0n) is 18.4. The van der Waals surface area contributed by atoms with Crippen molar-refractivity contribution in [2.24, 2.45) is 0 Å². The topological polar surface area (TPSA) is 80.0 Å². The fourth-order valence-electron chi connectivity index (χ4n) is 3.96. The maximum atomic E-state index is 13.2. The first kappa shape index (κ1) is 22.3. The van der Waals surface area contributed by atoms with Gasteiger partial charge in [0.05, 0.1) is 12.2 Å². The van der Waals surface area contributed by atoms with Crippen LogP contribution in [0.3, 0.4) is 0 Å². The van der Waals surface area contributed by atoms with Gasteiger partial charge in [0.25, 0.3) is 11.7 Å². The molecule has 4 rings (SSSR count). The van der Waals surface area contributed by atoms with Gasteiger partial charge < -0.3 is 19.2 Å². The normalized spacial score (nSPS) is 17.5.